The lowest BCUT2D eigenvalue weighted by Crippen LogP contribution is -2.33. The Morgan fingerprint density at radius 1 is 0.975 bits per heavy atom. The molecule has 2 unspecified atom stereocenters. The molecule has 1 saturated heterocycles. The third-order valence-electron chi connectivity index (χ3n) is 3.89. The summed E-state index contributed by atoms with van der Waals surface area (Å²) in [6, 6.07) is -1.04. The van der Waals surface area contributed by atoms with E-state index < -0.39 is 75.3 Å². The number of aryl methyl sites for hydroxylation is 1. The van der Waals surface area contributed by atoms with Crippen LogP contribution in [0.3, 0.4) is 0 Å². The van der Waals surface area contributed by atoms with E-state index in [1.54, 1.807) is 0 Å². The van der Waals surface area contributed by atoms with Gasteiger partial charge in [0.05, 0.1) is 18.8 Å². The van der Waals surface area contributed by atoms with Gasteiger partial charge in [0.2, 0.25) is 0 Å². The molecule has 5 atom stereocenters. The molecule has 1 aromatic heterocycles. The number of azide groups is 1. The number of phosphoric ester groups is 1. The maximum Gasteiger partial charge on any atom is 0.490 e. The summed E-state index contributed by atoms with van der Waals surface area (Å²) in [5.74, 6) is 0. The number of aromatic nitrogens is 2. The summed E-state index contributed by atoms with van der Waals surface area (Å²) in [6.07, 6.45) is -1.26. The second kappa shape index (κ2) is 13.7. The molecule has 2 heterocycles. The van der Waals surface area contributed by atoms with Crippen molar-refractivity contribution in [1.29, 1.82) is 0 Å². The summed E-state index contributed by atoms with van der Waals surface area (Å²) in [6.45, 7) is 0.544. The number of ether oxygens (including phenoxy) is 1. The Hall–Kier alpha value is -1.38. The van der Waals surface area contributed by atoms with Crippen molar-refractivity contribution in [1.82, 2.24) is 9.55 Å². The third-order valence-corrected chi connectivity index (χ3v) is 9.40. The smallest absolute Gasteiger partial charge is 0.352 e. The first kappa shape index (κ1) is 36.6. The summed E-state index contributed by atoms with van der Waals surface area (Å²) >= 11 is 0. The van der Waals surface area contributed by atoms with E-state index in [0.717, 1.165) is 4.57 Å². The Balaban J connectivity index is 0.000000763. The van der Waals surface area contributed by atoms with E-state index in [9.17, 15) is 37.3 Å². The van der Waals surface area contributed by atoms with Crippen molar-refractivity contribution < 1.29 is 84.2 Å². The van der Waals surface area contributed by atoms with Crippen molar-refractivity contribution in [3.63, 3.8) is 0 Å². The molecule has 0 bridgehead atoms. The normalized spacial score (nSPS) is 22.8. The molecular formula is C10H20N5O20P5. The molecule has 0 amide bonds. The summed E-state index contributed by atoms with van der Waals surface area (Å²) in [5, 5.41) is 3.42. The molecule has 230 valence electrons. The van der Waals surface area contributed by atoms with Crippen molar-refractivity contribution in [3.8, 4) is 0 Å². The van der Waals surface area contributed by atoms with Gasteiger partial charge in [0.15, 0.2) is 0 Å². The van der Waals surface area contributed by atoms with Gasteiger partial charge in [-0.15, -0.1) is 0 Å². The van der Waals surface area contributed by atoms with Crippen LogP contribution >= 0.6 is 39.1 Å². The molecule has 0 radical (unpaired) electrons. The van der Waals surface area contributed by atoms with E-state index >= 15 is 0 Å². The number of aromatic amines is 1. The van der Waals surface area contributed by atoms with E-state index in [2.05, 4.69) is 27.5 Å². The molecule has 0 spiro atoms. The molecule has 0 saturated carbocycles. The van der Waals surface area contributed by atoms with Gasteiger partial charge in [-0.25, -0.2) is 27.6 Å². The molecule has 0 aromatic carbocycles. The zero-order valence-electron chi connectivity index (χ0n) is 19.2. The summed E-state index contributed by atoms with van der Waals surface area (Å²) in [4.78, 5) is 94.7. The highest BCUT2D eigenvalue weighted by Gasteiger charge is 2.43. The van der Waals surface area contributed by atoms with Crippen LogP contribution in [0.4, 0.5) is 0 Å². The number of nitrogens with one attached hydrogen (secondary N) is 1. The van der Waals surface area contributed by atoms with Gasteiger partial charge in [-0.1, -0.05) is 5.11 Å². The molecule has 9 N–H and O–H groups in total. The van der Waals surface area contributed by atoms with Gasteiger partial charge in [-0.2, -0.15) is 12.9 Å². The van der Waals surface area contributed by atoms with Gasteiger partial charge in [0, 0.05) is 23.1 Å². The van der Waals surface area contributed by atoms with Crippen LogP contribution in [0.5, 0.6) is 0 Å². The SMILES string of the molecule is Cc1cn([C@H]2C[C@H](N=[N+]=[N-])[C@@H](COP(=O)(O)OP(=O)(O)OP(=O)(O)O)O2)c(=O)[nH]c1=O.O=P(O)(O)OP(=O)(O)O. The first-order chi connectivity index (χ1) is 17.8. The highest BCUT2D eigenvalue weighted by Crippen LogP contribution is 2.66. The quantitative estimate of drug-likeness (QED) is 0.0604. The molecule has 30 heteroatoms. The van der Waals surface area contributed by atoms with Crippen LogP contribution in [0, 0.1) is 6.92 Å². The average Bonchev–Trinajstić information content (AvgIpc) is 3.07. The zero-order valence-corrected chi connectivity index (χ0v) is 23.7. The van der Waals surface area contributed by atoms with Gasteiger partial charge >= 0.3 is 44.8 Å². The second-order valence-corrected chi connectivity index (χ2v) is 14.1. The second-order valence-electron chi connectivity index (χ2n) is 7.07. The van der Waals surface area contributed by atoms with Crippen LogP contribution in [0.2, 0.25) is 0 Å². The molecule has 25 nitrogen and oxygen atoms in total. The van der Waals surface area contributed by atoms with Crippen molar-refractivity contribution in [3.05, 3.63) is 43.0 Å². The summed E-state index contributed by atoms with van der Waals surface area (Å²) in [7, 11) is -26.8. The lowest BCUT2D eigenvalue weighted by atomic mass is 10.1. The lowest BCUT2D eigenvalue weighted by Gasteiger charge is -2.19. The van der Waals surface area contributed by atoms with Gasteiger partial charge in [-0.05, 0) is 12.5 Å². The fourth-order valence-corrected chi connectivity index (χ4v) is 6.77. The van der Waals surface area contributed by atoms with Crippen LogP contribution in [0.1, 0.15) is 18.2 Å². The average molecular weight is 685 g/mol. The van der Waals surface area contributed by atoms with Crippen molar-refractivity contribution in [2.75, 3.05) is 6.61 Å². The Labute approximate surface area is 219 Å². The van der Waals surface area contributed by atoms with E-state index in [4.69, 9.17) is 44.5 Å². The van der Waals surface area contributed by atoms with Gasteiger partial charge in [0.25, 0.3) is 5.56 Å². The van der Waals surface area contributed by atoms with Crippen LogP contribution in [0.25, 0.3) is 10.4 Å². The molecule has 2 rings (SSSR count). The number of H-pyrrole nitrogens is 1. The minimum Gasteiger partial charge on any atom is -0.352 e. The molecular weight excluding hydrogens is 665 g/mol. The number of nitrogens with zero attached hydrogens (tertiary/aromatic N) is 4. The van der Waals surface area contributed by atoms with E-state index in [-0.39, 0.29) is 12.0 Å². The Kier molecular flexibility index (Phi) is 12.6. The molecule has 1 aromatic rings. The van der Waals surface area contributed by atoms with Crippen LogP contribution in [-0.4, -0.2) is 67.5 Å². The van der Waals surface area contributed by atoms with Crippen molar-refractivity contribution in [2.24, 2.45) is 5.11 Å². The third kappa shape index (κ3) is 14.0. The number of phosphoric acid groups is 5. The first-order valence-electron chi connectivity index (χ1n) is 9.45. The largest absolute Gasteiger partial charge is 0.490 e. The highest BCUT2D eigenvalue weighted by atomic mass is 31.3. The maximum atomic E-state index is 12.0. The molecule has 40 heavy (non-hydrogen) atoms. The van der Waals surface area contributed by atoms with Crippen LogP contribution in [-0.2, 0) is 45.0 Å². The Bertz CT molecular complexity index is 1440. The lowest BCUT2D eigenvalue weighted by molar-refractivity contribution is -0.0267. The monoisotopic (exact) mass is 685 g/mol. The molecule has 1 fully saturated rings. The number of hydrogen-bond donors (Lipinski definition) is 9. The fraction of sp³-hybridized carbons (Fsp3) is 0.600. The zero-order chi connectivity index (χ0) is 31.3. The maximum absolute atomic E-state index is 12.0. The van der Waals surface area contributed by atoms with E-state index in [1.165, 1.54) is 13.1 Å². The number of rotatable bonds is 11. The highest BCUT2D eigenvalue weighted by molar-refractivity contribution is 7.66. The van der Waals surface area contributed by atoms with Gasteiger partial charge < -0.3 is 43.9 Å². The Morgan fingerprint density at radius 3 is 1.95 bits per heavy atom. The van der Waals surface area contributed by atoms with E-state index in [1.807, 2.05) is 4.98 Å². The van der Waals surface area contributed by atoms with Gasteiger partial charge in [-0.3, -0.25) is 18.9 Å². The number of hydrogen-bond acceptors (Lipinski definition) is 13. The standard InChI is InChI=1S/C10H16N5O13P3.H4O7P2/c1-5-3-15(10(17)12-9(5)16)8-2-6(13-14-11)7(26-8)4-25-30(21,22)28-31(23,24)27-29(18,19)20;1-8(2,3)7-9(4,5)6/h3,6-8H,2,4H2,1H3,(H,21,22)(H,23,24)(H,12,16,17)(H2,18,19,20);(H2,1,2,3)(H2,4,5,6)/t6-,7+,8+;/m0./s1. The topological polar surface area (TPSA) is 397 Å². The van der Waals surface area contributed by atoms with Gasteiger partial charge in [0.1, 0.15) is 6.23 Å². The summed E-state index contributed by atoms with van der Waals surface area (Å²) < 4.78 is 74.1. The van der Waals surface area contributed by atoms with Crippen LogP contribution < -0.4 is 11.2 Å². The fourth-order valence-electron chi connectivity index (χ4n) is 2.63. The van der Waals surface area contributed by atoms with Crippen molar-refractivity contribution >= 4 is 39.1 Å². The van der Waals surface area contributed by atoms with Crippen molar-refractivity contribution in [2.45, 2.75) is 31.7 Å². The minimum absolute atomic E-state index is 0.111. The molecule has 1 aliphatic heterocycles. The first-order valence-corrected chi connectivity index (χ1v) is 17.0. The molecule has 0 aliphatic carbocycles. The predicted octanol–water partition coefficient (Wildman–Crippen LogP) is -0.657. The minimum atomic E-state index is -5.70. The van der Waals surface area contributed by atoms with E-state index in [0.29, 0.717) is 0 Å². The summed E-state index contributed by atoms with van der Waals surface area (Å²) in [5.41, 5.74) is 7.38. The predicted molar refractivity (Wildman–Crippen MR) is 123 cm³/mol. The van der Waals surface area contributed by atoms with Crippen LogP contribution in [0.15, 0.2) is 20.9 Å². The Morgan fingerprint density at radius 2 is 1.50 bits per heavy atom. The molecule has 1 aliphatic rings.